The molecular formula is C18H29N3O2. The van der Waals surface area contributed by atoms with E-state index in [4.69, 9.17) is 4.74 Å². The van der Waals surface area contributed by atoms with Crippen molar-refractivity contribution in [1.29, 1.82) is 0 Å². The van der Waals surface area contributed by atoms with Crippen molar-refractivity contribution in [3.8, 4) is 5.75 Å². The average molecular weight is 319 g/mol. The Bertz CT molecular complexity index is 482. The largest absolute Gasteiger partial charge is 0.497 e. The van der Waals surface area contributed by atoms with Crippen molar-refractivity contribution in [3.63, 3.8) is 0 Å². The summed E-state index contributed by atoms with van der Waals surface area (Å²) in [5, 5.41) is 3.04. The molecule has 1 aromatic rings. The van der Waals surface area contributed by atoms with Gasteiger partial charge in [-0.1, -0.05) is 19.1 Å². The molecule has 2 amide bonds. The second kappa shape index (κ2) is 8.77. The van der Waals surface area contributed by atoms with Gasteiger partial charge in [-0.2, -0.15) is 0 Å². The molecular weight excluding hydrogens is 290 g/mol. The van der Waals surface area contributed by atoms with E-state index in [1.807, 2.05) is 24.0 Å². The molecule has 1 saturated heterocycles. The van der Waals surface area contributed by atoms with Crippen LogP contribution in [0.4, 0.5) is 4.79 Å². The smallest absolute Gasteiger partial charge is 0.317 e. The zero-order chi connectivity index (χ0) is 16.7. The van der Waals surface area contributed by atoms with E-state index in [-0.39, 0.29) is 12.1 Å². The molecule has 128 valence electrons. The second-order valence-electron chi connectivity index (χ2n) is 6.19. The first-order chi connectivity index (χ1) is 11.1. The van der Waals surface area contributed by atoms with E-state index in [1.54, 1.807) is 7.11 Å². The Labute approximate surface area is 139 Å². The highest BCUT2D eigenvalue weighted by Crippen LogP contribution is 2.12. The van der Waals surface area contributed by atoms with Crippen molar-refractivity contribution >= 4 is 6.03 Å². The summed E-state index contributed by atoms with van der Waals surface area (Å²) in [5.74, 6) is 0.898. The van der Waals surface area contributed by atoms with Crippen LogP contribution in [0.25, 0.3) is 0 Å². The first kappa shape index (κ1) is 17.6. The molecule has 1 aromatic carbocycles. The molecule has 0 bridgehead atoms. The highest BCUT2D eigenvalue weighted by atomic mass is 16.5. The van der Waals surface area contributed by atoms with Crippen molar-refractivity contribution in [3.05, 3.63) is 29.8 Å². The highest BCUT2D eigenvalue weighted by molar-refractivity contribution is 5.74. The van der Waals surface area contributed by atoms with Gasteiger partial charge >= 0.3 is 6.03 Å². The highest BCUT2D eigenvalue weighted by Gasteiger charge is 2.21. The maximum atomic E-state index is 12.1. The molecule has 0 aromatic heterocycles. The number of carbonyl (C=O) groups is 1. The quantitative estimate of drug-likeness (QED) is 0.875. The van der Waals surface area contributed by atoms with Gasteiger partial charge in [0.05, 0.1) is 7.11 Å². The van der Waals surface area contributed by atoms with Crippen molar-refractivity contribution in [1.82, 2.24) is 15.1 Å². The monoisotopic (exact) mass is 319 g/mol. The van der Waals surface area contributed by atoms with E-state index in [0.717, 1.165) is 51.3 Å². The lowest BCUT2D eigenvalue weighted by atomic mass is 10.1. The van der Waals surface area contributed by atoms with Crippen LogP contribution in [-0.4, -0.2) is 61.7 Å². The summed E-state index contributed by atoms with van der Waals surface area (Å²) >= 11 is 0. The van der Waals surface area contributed by atoms with Gasteiger partial charge in [0, 0.05) is 38.8 Å². The minimum atomic E-state index is 0.0779. The molecule has 1 heterocycles. The molecule has 23 heavy (non-hydrogen) atoms. The summed E-state index contributed by atoms with van der Waals surface area (Å²) < 4.78 is 5.18. The number of benzene rings is 1. The fraction of sp³-hybridized carbons (Fsp3) is 0.611. The number of hydrogen-bond donors (Lipinski definition) is 1. The summed E-state index contributed by atoms with van der Waals surface area (Å²) in [6.07, 6.45) is 2.00. The number of rotatable bonds is 6. The van der Waals surface area contributed by atoms with Gasteiger partial charge in [-0.25, -0.2) is 4.79 Å². The summed E-state index contributed by atoms with van der Waals surface area (Å²) in [6.45, 7) is 8.68. The van der Waals surface area contributed by atoms with Crippen LogP contribution in [-0.2, 0) is 6.42 Å². The molecule has 1 atom stereocenters. The summed E-state index contributed by atoms with van der Waals surface area (Å²) in [5.41, 5.74) is 1.32. The van der Waals surface area contributed by atoms with Gasteiger partial charge < -0.3 is 15.0 Å². The van der Waals surface area contributed by atoms with Crippen molar-refractivity contribution in [2.24, 2.45) is 0 Å². The Kier molecular flexibility index (Phi) is 6.71. The number of amides is 2. The zero-order valence-electron chi connectivity index (χ0n) is 14.5. The van der Waals surface area contributed by atoms with Crippen LogP contribution < -0.4 is 10.1 Å². The topological polar surface area (TPSA) is 44.8 Å². The summed E-state index contributed by atoms with van der Waals surface area (Å²) in [7, 11) is 1.69. The van der Waals surface area contributed by atoms with E-state index in [0.29, 0.717) is 0 Å². The van der Waals surface area contributed by atoms with E-state index in [2.05, 4.69) is 29.3 Å². The number of methoxy groups -OCH3 is 1. The van der Waals surface area contributed by atoms with Gasteiger partial charge in [-0.05, 0) is 37.5 Å². The minimum Gasteiger partial charge on any atom is -0.497 e. The molecule has 1 aliphatic heterocycles. The Hall–Kier alpha value is -1.75. The zero-order valence-corrected chi connectivity index (χ0v) is 14.5. The fourth-order valence-corrected chi connectivity index (χ4v) is 2.66. The lowest BCUT2D eigenvalue weighted by Gasteiger charge is -2.35. The lowest BCUT2D eigenvalue weighted by Crippen LogP contribution is -2.53. The predicted molar refractivity (Wildman–Crippen MR) is 93.0 cm³/mol. The van der Waals surface area contributed by atoms with Crippen molar-refractivity contribution < 1.29 is 9.53 Å². The van der Waals surface area contributed by atoms with E-state index in [1.165, 1.54) is 5.56 Å². The molecule has 5 heteroatoms. The van der Waals surface area contributed by atoms with Crippen LogP contribution in [0, 0.1) is 0 Å². The van der Waals surface area contributed by atoms with Gasteiger partial charge in [-0.15, -0.1) is 0 Å². The molecule has 1 unspecified atom stereocenters. The van der Waals surface area contributed by atoms with Crippen LogP contribution in [0.2, 0.25) is 0 Å². The van der Waals surface area contributed by atoms with Gasteiger partial charge in [0.25, 0.3) is 0 Å². The third-order valence-electron chi connectivity index (χ3n) is 4.52. The van der Waals surface area contributed by atoms with Gasteiger partial charge in [0.2, 0.25) is 0 Å². The lowest BCUT2D eigenvalue weighted by molar-refractivity contribution is 0.138. The number of carbonyl (C=O) groups excluding carboxylic acids is 1. The third kappa shape index (κ3) is 5.43. The SMILES string of the molecule is CCC(C)NC(=O)N1CCN(CCc2ccc(OC)cc2)CC1. The molecule has 1 aliphatic rings. The van der Waals surface area contributed by atoms with Crippen molar-refractivity contribution in [2.75, 3.05) is 39.8 Å². The molecule has 0 aliphatic carbocycles. The molecule has 0 spiro atoms. The molecule has 2 rings (SSSR count). The maximum Gasteiger partial charge on any atom is 0.317 e. The number of nitrogens with zero attached hydrogens (tertiary/aromatic N) is 2. The number of piperazine rings is 1. The van der Waals surface area contributed by atoms with E-state index in [9.17, 15) is 4.79 Å². The molecule has 0 radical (unpaired) electrons. The van der Waals surface area contributed by atoms with Gasteiger partial charge in [0.1, 0.15) is 5.75 Å². The Balaban J connectivity index is 1.70. The van der Waals surface area contributed by atoms with Gasteiger partial charge in [0.15, 0.2) is 0 Å². The Morgan fingerprint density at radius 1 is 1.22 bits per heavy atom. The standard InChI is InChI=1S/C18H29N3O2/c1-4-15(2)19-18(22)21-13-11-20(12-14-21)10-9-16-5-7-17(23-3)8-6-16/h5-8,15H,4,9-14H2,1-3H3,(H,19,22). The number of urea groups is 1. The first-order valence-corrected chi connectivity index (χ1v) is 8.53. The van der Waals surface area contributed by atoms with Gasteiger partial charge in [-0.3, -0.25) is 4.90 Å². The van der Waals surface area contributed by atoms with E-state index >= 15 is 0 Å². The van der Waals surface area contributed by atoms with Crippen LogP contribution in [0.1, 0.15) is 25.8 Å². The third-order valence-corrected chi connectivity index (χ3v) is 4.52. The van der Waals surface area contributed by atoms with Crippen LogP contribution in [0.5, 0.6) is 5.75 Å². The number of nitrogens with one attached hydrogen (secondary N) is 1. The van der Waals surface area contributed by atoms with E-state index < -0.39 is 0 Å². The minimum absolute atomic E-state index is 0.0779. The summed E-state index contributed by atoms with van der Waals surface area (Å²) in [6, 6.07) is 8.58. The fourth-order valence-electron chi connectivity index (χ4n) is 2.66. The Morgan fingerprint density at radius 3 is 2.43 bits per heavy atom. The van der Waals surface area contributed by atoms with Crippen molar-refractivity contribution in [2.45, 2.75) is 32.7 Å². The second-order valence-corrected chi connectivity index (χ2v) is 6.19. The Morgan fingerprint density at radius 2 is 1.87 bits per heavy atom. The number of ether oxygens (including phenoxy) is 1. The normalized spacial score (nSPS) is 16.9. The predicted octanol–water partition coefficient (Wildman–Crippen LogP) is 2.36. The first-order valence-electron chi connectivity index (χ1n) is 8.53. The van der Waals surface area contributed by atoms with Crippen LogP contribution in [0.15, 0.2) is 24.3 Å². The summed E-state index contributed by atoms with van der Waals surface area (Å²) in [4.78, 5) is 16.5. The molecule has 0 saturated carbocycles. The number of hydrogen-bond acceptors (Lipinski definition) is 3. The molecule has 5 nitrogen and oxygen atoms in total. The molecule has 1 N–H and O–H groups in total. The molecule has 1 fully saturated rings. The van der Waals surface area contributed by atoms with Crippen LogP contribution in [0.3, 0.4) is 0 Å². The maximum absolute atomic E-state index is 12.1. The average Bonchev–Trinajstić information content (AvgIpc) is 2.60. The van der Waals surface area contributed by atoms with Crippen LogP contribution >= 0.6 is 0 Å².